The molecule has 1 amide bonds. The van der Waals surface area contributed by atoms with Gasteiger partial charge in [0.15, 0.2) is 0 Å². The molecule has 28 heavy (non-hydrogen) atoms. The molecule has 3 rings (SSSR count). The lowest BCUT2D eigenvalue weighted by Gasteiger charge is -2.06. The van der Waals surface area contributed by atoms with E-state index in [2.05, 4.69) is 49.3 Å². The third-order valence-corrected chi connectivity index (χ3v) is 5.60. The first-order valence-corrected chi connectivity index (χ1v) is 10.9. The van der Waals surface area contributed by atoms with Crippen LogP contribution in [0.25, 0.3) is 11.5 Å². The summed E-state index contributed by atoms with van der Waals surface area (Å²) in [5, 5.41) is 11.6. The van der Waals surface area contributed by atoms with Crippen molar-refractivity contribution in [1.82, 2.24) is 10.2 Å². The van der Waals surface area contributed by atoms with Crippen molar-refractivity contribution in [2.75, 3.05) is 5.32 Å². The van der Waals surface area contributed by atoms with Gasteiger partial charge in [0.2, 0.25) is 5.89 Å². The minimum Gasteiger partial charge on any atom is -0.403 e. The van der Waals surface area contributed by atoms with E-state index in [0.717, 1.165) is 15.4 Å². The summed E-state index contributed by atoms with van der Waals surface area (Å²) < 4.78 is 5.63. The molecule has 146 valence electrons. The fourth-order valence-corrected chi connectivity index (χ4v) is 4.23. The quantitative estimate of drug-likeness (QED) is 0.480. The highest BCUT2D eigenvalue weighted by molar-refractivity contribution is 8.00. The topological polar surface area (TPSA) is 68.0 Å². The maximum absolute atomic E-state index is 12.4. The Morgan fingerprint density at radius 3 is 2.29 bits per heavy atom. The summed E-state index contributed by atoms with van der Waals surface area (Å²) in [5.74, 6) is 0.102. The fourth-order valence-electron chi connectivity index (χ4n) is 2.49. The molecule has 3 aromatic rings. The fraction of sp³-hybridized carbons (Fsp3) is 0.286. The number of carbonyl (C=O) groups is 1. The van der Waals surface area contributed by atoms with Crippen LogP contribution in [0.15, 0.2) is 62.7 Å². The Bertz CT molecular complexity index is 937. The third kappa shape index (κ3) is 5.62. The summed E-state index contributed by atoms with van der Waals surface area (Å²) in [6, 6.07) is 15.5. The zero-order chi connectivity index (χ0) is 20.1. The van der Waals surface area contributed by atoms with Crippen LogP contribution in [-0.2, 0) is 0 Å². The van der Waals surface area contributed by atoms with Gasteiger partial charge in [0.05, 0.1) is 0 Å². The normalized spacial score (nSPS) is 11.2. The van der Waals surface area contributed by atoms with Gasteiger partial charge in [-0.05, 0) is 42.5 Å². The number of nitrogens with one attached hydrogen (secondary N) is 1. The predicted octanol–water partition coefficient (Wildman–Crippen LogP) is 5.99. The molecule has 0 saturated carbocycles. The van der Waals surface area contributed by atoms with Crippen molar-refractivity contribution >= 4 is 35.4 Å². The predicted molar refractivity (Wildman–Crippen MR) is 116 cm³/mol. The maximum atomic E-state index is 12.4. The largest absolute Gasteiger partial charge is 0.403 e. The van der Waals surface area contributed by atoms with E-state index in [-0.39, 0.29) is 11.9 Å². The molecular weight excluding hydrogens is 390 g/mol. The second kappa shape index (κ2) is 9.30. The lowest BCUT2D eigenvalue weighted by atomic mass is 10.2. The molecule has 0 spiro atoms. The lowest BCUT2D eigenvalue weighted by molar-refractivity contribution is 0.102. The zero-order valence-electron chi connectivity index (χ0n) is 16.3. The number of anilines is 1. The number of rotatable bonds is 7. The number of hydrogen-bond acceptors (Lipinski definition) is 6. The van der Waals surface area contributed by atoms with Crippen molar-refractivity contribution < 1.29 is 9.21 Å². The second-order valence-electron chi connectivity index (χ2n) is 6.75. The van der Waals surface area contributed by atoms with Crippen LogP contribution in [0.4, 0.5) is 6.01 Å². The molecule has 0 aliphatic rings. The highest BCUT2D eigenvalue weighted by atomic mass is 32.2. The van der Waals surface area contributed by atoms with Crippen LogP contribution >= 0.6 is 23.5 Å². The lowest BCUT2D eigenvalue weighted by Crippen LogP contribution is -2.11. The summed E-state index contributed by atoms with van der Waals surface area (Å²) in [6.07, 6.45) is 0. The van der Waals surface area contributed by atoms with Crippen LogP contribution in [0.2, 0.25) is 0 Å². The Morgan fingerprint density at radius 1 is 0.929 bits per heavy atom. The molecule has 5 nitrogen and oxygen atoms in total. The molecule has 0 atom stereocenters. The van der Waals surface area contributed by atoms with Crippen molar-refractivity contribution in [2.24, 2.45) is 0 Å². The zero-order valence-corrected chi connectivity index (χ0v) is 17.9. The molecule has 0 unspecified atom stereocenters. The standard InChI is InChI=1S/C21H23N3O2S2/c1-13(2)27-17-10-8-15(9-11-17)19(25)22-21-24-23-20(26-21)16-6-5-7-18(12-16)28-14(3)4/h5-14H,1-4H3,(H,22,24,25). The Labute approximate surface area is 173 Å². The molecule has 1 heterocycles. The highest BCUT2D eigenvalue weighted by Crippen LogP contribution is 2.28. The van der Waals surface area contributed by atoms with Crippen molar-refractivity contribution in [3.8, 4) is 11.5 Å². The van der Waals surface area contributed by atoms with Crippen LogP contribution in [0.3, 0.4) is 0 Å². The Hall–Kier alpha value is -2.25. The van der Waals surface area contributed by atoms with E-state index >= 15 is 0 Å². The van der Waals surface area contributed by atoms with Gasteiger partial charge in [0, 0.05) is 31.4 Å². The van der Waals surface area contributed by atoms with E-state index in [1.54, 1.807) is 35.7 Å². The summed E-state index contributed by atoms with van der Waals surface area (Å²) in [5.41, 5.74) is 1.37. The number of nitrogens with zero attached hydrogens (tertiary/aromatic N) is 2. The van der Waals surface area contributed by atoms with Gasteiger partial charge < -0.3 is 4.42 Å². The molecule has 0 aliphatic heterocycles. The van der Waals surface area contributed by atoms with E-state index in [0.29, 0.717) is 22.0 Å². The molecular formula is C21H23N3O2S2. The summed E-state index contributed by atoms with van der Waals surface area (Å²) in [4.78, 5) is 14.7. The number of benzene rings is 2. The monoisotopic (exact) mass is 413 g/mol. The first-order valence-electron chi connectivity index (χ1n) is 9.09. The second-order valence-corrected chi connectivity index (χ2v) is 10.1. The van der Waals surface area contributed by atoms with Gasteiger partial charge >= 0.3 is 6.01 Å². The maximum Gasteiger partial charge on any atom is 0.322 e. The van der Waals surface area contributed by atoms with Gasteiger partial charge in [-0.25, -0.2) is 0 Å². The average Bonchev–Trinajstić information content (AvgIpc) is 3.10. The summed E-state index contributed by atoms with van der Waals surface area (Å²) >= 11 is 3.52. The molecule has 1 aromatic heterocycles. The van der Waals surface area contributed by atoms with E-state index < -0.39 is 0 Å². The first-order chi connectivity index (χ1) is 13.4. The molecule has 0 radical (unpaired) electrons. The molecule has 0 bridgehead atoms. The van der Waals surface area contributed by atoms with E-state index in [1.807, 2.05) is 30.3 Å². The van der Waals surface area contributed by atoms with Crippen LogP contribution in [0, 0.1) is 0 Å². The first kappa shape index (κ1) is 20.5. The molecule has 0 aliphatic carbocycles. The van der Waals surface area contributed by atoms with E-state index in [9.17, 15) is 4.79 Å². The number of thioether (sulfide) groups is 2. The van der Waals surface area contributed by atoms with Gasteiger partial charge in [-0.3, -0.25) is 10.1 Å². The van der Waals surface area contributed by atoms with Crippen LogP contribution in [0.5, 0.6) is 0 Å². The molecule has 0 fully saturated rings. The van der Waals surface area contributed by atoms with Crippen LogP contribution in [0.1, 0.15) is 38.1 Å². The van der Waals surface area contributed by atoms with Gasteiger partial charge in [0.1, 0.15) is 0 Å². The van der Waals surface area contributed by atoms with Crippen LogP contribution < -0.4 is 5.32 Å². The number of carbonyl (C=O) groups excluding carboxylic acids is 1. The van der Waals surface area contributed by atoms with Crippen molar-refractivity contribution in [3.63, 3.8) is 0 Å². The Kier molecular flexibility index (Phi) is 6.80. The van der Waals surface area contributed by atoms with Crippen molar-refractivity contribution in [2.45, 2.75) is 48.0 Å². The van der Waals surface area contributed by atoms with Gasteiger partial charge in [-0.2, -0.15) is 0 Å². The van der Waals surface area contributed by atoms with Crippen molar-refractivity contribution in [1.29, 1.82) is 0 Å². The smallest absolute Gasteiger partial charge is 0.322 e. The number of amides is 1. The van der Waals surface area contributed by atoms with E-state index in [1.165, 1.54) is 0 Å². The third-order valence-electron chi connectivity index (χ3n) is 3.59. The van der Waals surface area contributed by atoms with Crippen LogP contribution in [-0.4, -0.2) is 26.6 Å². The molecule has 1 N–H and O–H groups in total. The number of aromatic nitrogens is 2. The van der Waals surface area contributed by atoms with Gasteiger partial charge in [-0.15, -0.1) is 28.6 Å². The SMILES string of the molecule is CC(C)Sc1ccc(C(=O)Nc2nnc(-c3cccc(SC(C)C)c3)o2)cc1. The highest BCUT2D eigenvalue weighted by Gasteiger charge is 2.13. The number of hydrogen-bond donors (Lipinski definition) is 1. The Morgan fingerprint density at radius 2 is 1.61 bits per heavy atom. The van der Waals surface area contributed by atoms with Crippen molar-refractivity contribution in [3.05, 3.63) is 54.1 Å². The molecule has 7 heteroatoms. The minimum absolute atomic E-state index is 0.0857. The molecule has 0 saturated heterocycles. The minimum atomic E-state index is -0.277. The van der Waals surface area contributed by atoms with Gasteiger partial charge in [0.25, 0.3) is 5.91 Å². The molecule has 2 aromatic carbocycles. The Balaban J connectivity index is 1.68. The summed E-state index contributed by atoms with van der Waals surface area (Å²) in [6.45, 7) is 8.56. The summed E-state index contributed by atoms with van der Waals surface area (Å²) in [7, 11) is 0. The van der Waals surface area contributed by atoms with E-state index in [4.69, 9.17) is 4.42 Å². The average molecular weight is 414 g/mol. The van der Waals surface area contributed by atoms with Gasteiger partial charge in [-0.1, -0.05) is 38.9 Å².